The van der Waals surface area contributed by atoms with E-state index in [0.717, 1.165) is 6.07 Å². The van der Waals surface area contributed by atoms with Gasteiger partial charge >= 0.3 is 0 Å². The fourth-order valence-electron chi connectivity index (χ4n) is 1.22. The highest BCUT2D eigenvalue weighted by Gasteiger charge is 2.12. The summed E-state index contributed by atoms with van der Waals surface area (Å²) in [7, 11) is 0. The predicted molar refractivity (Wildman–Crippen MR) is 53.8 cm³/mol. The number of rotatable bonds is 2. The second-order valence-electron chi connectivity index (χ2n) is 3.20. The van der Waals surface area contributed by atoms with Crippen molar-refractivity contribution in [2.45, 2.75) is 0 Å². The van der Waals surface area contributed by atoms with Gasteiger partial charge in [0, 0.05) is 6.07 Å². The molecule has 1 aromatic heterocycles. The van der Waals surface area contributed by atoms with Gasteiger partial charge in [-0.05, 0) is 12.1 Å². The van der Waals surface area contributed by atoms with E-state index in [1.54, 1.807) is 0 Å². The number of nitrogens with one attached hydrogen (secondary N) is 1. The van der Waals surface area contributed by atoms with E-state index in [1.165, 1.54) is 18.2 Å². The fourth-order valence-corrected chi connectivity index (χ4v) is 1.22. The molecule has 2 rings (SSSR count). The van der Waals surface area contributed by atoms with Crippen molar-refractivity contribution in [3.63, 3.8) is 0 Å². The van der Waals surface area contributed by atoms with E-state index in [0.29, 0.717) is 6.07 Å². The SMILES string of the molecule is Fc1ccccc1Nc1nc(F)c(F)cc1F. The third-order valence-electron chi connectivity index (χ3n) is 2.01. The molecule has 17 heavy (non-hydrogen) atoms. The van der Waals surface area contributed by atoms with E-state index in [2.05, 4.69) is 10.3 Å². The van der Waals surface area contributed by atoms with Crippen LogP contribution >= 0.6 is 0 Å². The Labute approximate surface area is 93.9 Å². The molecule has 0 aliphatic heterocycles. The van der Waals surface area contributed by atoms with Crippen LogP contribution in [0.1, 0.15) is 0 Å². The Hall–Kier alpha value is -2.11. The molecule has 0 atom stereocenters. The van der Waals surface area contributed by atoms with Gasteiger partial charge in [-0.1, -0.05) is 12.1 Å². The van der Waals surface area contributed by atoms with Gasteiger partial charge in [0.1, 0.15) is 5.82 Å². The maximum absolute atomic E-state index is 13.2. The zero-order chi connectivity index (χ0) is 12.4. The van der Waals surface area contributed by atoms with Crippen molar-refractivity contribution in [1.82, 2.24) is 4.98 Å². The zero-order valence-corrected chi connectivity index (χ0v) is 8.35. The molecule has 0 unspecified atom stereocenters. The number of aromatic nitrogens is 1. The average Bonchev–Trinajstić information content (AvgIpc) is 2.29. The van der Waals surface area contributed by atoms with Gasteiger partial charge in [-0.25, -0.2) is 13.2 Å². The lowest BCUT2D eigenvalue weighted by Crippen LogP contribution is -2.02. The molecule has 0 saturated heterocycles. The number of nitrogens with zero attached hydrogens (tertiary/aromatic N) is 1. The molecular formula is C11H6F4N2. The van der Waals surface area contributed by atoms with Gasteiger partial charge in [-0.15, -0.1) is 0 Å². The number of benzene rings is 1. The summed E-state index contributed by atoms with van der Waals surface area (Å²) in [5.41, 5.74) is -0.0788. The number of anilines is 2. The monoisotopic (exact) mass is 242 g/mol. The molecule has 0 fully saturated rings. The molecule has 1 N–H and O–H groups in total. The summed E-state index contributed by atoms with van der Waals surface area (Å²) in [6.45, 7) is 0. The van der Waals surface area contributed by atoms with Gasteiger partial charge in [0.05, 0.1) is 5.69 Å². The molecule has 0 aliphatic carbocycles. The summed E-state index contributed by atoms with van der Waals surface area (Å²) in [6.07, 6.45) is 0. The molecule has 6 heteroatoms. The van der Waals surface area contributed by atoms with E-state index in [-0.39, 0.29) is 5.69 Å². The van der Waals surface area contributed by atoms with Crippen LogP contribution in [0.5, 0.6) is 0 Å². The van der Waals surface area contributed by atoms with E-state index in [9.17, 15) is 17.6 Å². The van der Waals surface area contributed by atoms with Crippen molar-refractivity contribution in [2.75, 3.05) is 5.32 Å². The van der Waals surface area contributed by atoms with Crippen LogP contribution in [-0.2, 0) is 0 Å². The Morgan fingerprint density at radius 2 is 1.59 bits per heavy atom. The Bertz CT molecular complexity index is 557. The standard InChI is InChI=1S/C11H6F4N2/c12-6-3-1-2-4-9(6)16-11-8(14)5-7(13)10(15)17-11/h1-5H,(H,16,17). The van der Waals surface area contributed by atoms with Gasteiger partial charge in [0.25, 0.3) is 5.95 Å². The van der Waals surface area contributed by atoms with Crippen LogP contribution in [0, 0.1) is 23.4 Å². The highest BCUT2D eigenvalue weighted by molar-refractivity contribution is 5.56. The Morgan fingerprint density at radius 1 is 0.882 bits per heavy atom. The molecule has 88 valence electrons. The zero-order valence-electron chi connectivity index (χ0n) is 8.35. The van der Waals surface area contributed by atoms with Crippen molar-refractivity contribution in [2.24, 2.45) is 0 Å². The van der Waals surface area contributed by atoms with Gasteiger partial charge in [-0.3, -0.25) is 0 Å². The summed E-state index contributed by atoms with van der Waals surface area (Å²) in [5, 5.41) is 2.24. The minimum atomic E-state index is -1.45. The molecular weight excluding hydrogens is 236 g/mol. The van der Waals surface area contributed by atoms with E-state index >= 15 is 0 Å². The van der Waals surface area contributed by atoms with Crippen molar-refractivity contribution in [1.29, 1.82) is 0 Å². The summed E-state index contributed by atoms with van der Waals surface area (Å²) >= 11 is 0. The summed E-state index contributed by atoms with van der Waals surface area (Å²) in [6, 6.07) is 5.74. The Kier molecular flexibility index (Phi) is 2.95. The fraction of sp³-hybridized carbons (Fsp3) is 0. The third-order valence-corrected chi connectivity index (χ3v) is 2.01. The Balaban J connectivity index is 2.37. The normalized spacial score (nSPS) is 10.4. The first-order chi connectivity index (χ1) is 8.08. The first-order valence-corrected chi connectivity index (χ1v) is 4.61. The van der Waals surface area contributed by atoms with Gasteiger partial charge < -0.3 is 5.32 Å². The Morgan fingerprint density at radius 3 is 2.29 bits per heavy atom. The smallest absolute Gasteiger partial charge is 0.251 e. The highest BCUT2D eigenvalue weighted by atomic mass is 19.2. The van der Waals surface area contributed by atoms with Gasteiger partial charge in [-0.2, -0.15) is 9.37 Å². The molecule has 2 nitrogen and oxygen atoms in total. The molecule has 0 aliphatic rings. The quantitative estimate of drug-likeness (QED) is 0.645. The summed E-state index contributed by atoms with van der Waals surface area (Å²) < 4.78 is 51.8. The number of halogens is 4. The minimum absolute atomic E-state index is 0.0788. The molecule has 0 amide bonds. The number of pyridine rings is 1. The van der Waals surface area contributed by atoms with E-state index < -0.39 is 29.2 Å². The van der Waals surface area contributed by atoms with Crippen LogP contribution in [0.3, 0.4) is 0 Å². The van der Waals surface area contributed by atoms with Crippen molar-refractivity contribution < 1.29 is 17.6 Å². The molecule has 0 radical (unpaired) electrons. The average molecular weight is 242 g/mol. The second kappa shape index (κ2) is 4.40. The second-order valence-corrected chi connectivity index (χ2v) is 3.20. The molecule has 0 spiro atoms. The number of hydrogen-bond donors (Lipinski definition) is 1. The van der Waals surface area contributed by atoms with Crippen LogP contribution in [0.25, 0.3) is 0 Å². The molecule has 1 heterocycles. The molecule has 2 aromatic rings. The molecule has 1 aromatic carbocycles. The topological polar surface area (TPSA) is 24.9 Å². The van der Waals surface area contributed by atoms with Gasteiger partial charge in [0.15, 0.2) is 17.5 Å². The van der Waals surface area contributed by atoms with Crippen molar-refractivity contribution >= 4 is 11.5 Å². The van der Waals surface area contributed by atoms with E-state index in [1.807, 2.05) is 0 Å². The first-order valence-electron chi connectivity index (χ1n) is 4.61. The van der Waals surface area contributed by atoms with Crippen molar-refractivity contribution in [3.8, 4) is 0 Å². The maximum Gasteiger partial charge on any atom is 0.251 e. The predicted octanol–water partition coefficient (Wildman–Crippen LogP) is 3.38. The lowest BCUT2D eigenvalue weighted by Gasteiger charge is -2.07. The van der Waals surface area contributed by atoms with Crippen LogP contribution in [0.15, 0.2) is 30.3 Å². The summed E-state index contributed by atoms with van der Waals surface area (Å²) in [4.78, 5) is 3.01. The number of hydrogen-bond acceptors (Lipinski definition) is 2. The molecule has 0 saturated carbocycles. The van der Waals surface area contributed by atoms with Crippen LogP contribution in [0.4, 0.5) is 29.1 Å². The lowest BCUT2D eigenvalue weighted by atomic mass is 10.3. The number of para-hydroxylation sites is 1. The summed E-state index contributed by atoms with van der Waals surface area (Å²) in [5.74, 6) is -5.19. The van der Waals surface area contributed by atoms with Gasteiger partial charge in [0.2, 0.25) is 0 Å². The highest BCUT2D eigenvalue weighted by Crippen LogP contribution is 2.21. The van der Waals surface area contributed by atoms with Crippen molar-refractivity contribution in [3.05, 3.63) is 53.7 Å². The van der Waals surface area contributed by atoms with Crippen LogP contribution < -0.4 is 5.32 Å². The first kappa shape index (κ1) is 11.4. The van der Waals surface area contributed by atoms with Crippen LogP contribution in [0.2, 0.25) is 0 Å². The third kappa shape index (κ3) is 2.35. The minimum Gasteiger partial charge on any atom is -0.335 e. The van der Waals surface area contributed by atoms with E-state index in [4.69, 9.17) is 0 Å². The largest absolute Gasteiger partial charge is 0.335 e. The molecule has 0 bridgehead atoms. The lowest BCUT2D eigenvalue weighted by molar-refractivity contribution is 0.467. The van der Waals surface area contributed by atoms with Crippen LogP contribution in [-0.4, -0.2) is 4.98 Å². The maximum atomic E-state index is 13.2.